The van der Waals surface area contributed by atoms with Gasteiger partial charge >= 0.3 is 0 Å². The third-order valence-electron chi connectivity index (χ3n) is 5.08. The van der Waals surface area contributed by atoms with E-state index in [0.29, 0.717) is 0 Å². The monoisotopic (exact) mass is 414 g/mol. The number of aromatic hydroxyl groups is 7. The van der Waals surface area contributed by atoms with E-state index in [2.05, 4.69) is 0 Å². The lowest BCUT2D eigenvalue weighted by atomic mass is 9.79. The molecule has 0 spiro atoms. The van der Waals surface area contributed by atoms with Crippen LogP contribution in [0.4, 0.5) is 0 Å². The minimum absolute atomic E-state index is 0.00385. The molecule has 4 rings (SSSR count). The zero-order valence-corrected chi connectivity index (χ0v) is 15.3. The highest BCUT2D eigenvalue weighted by Gasteiger charge is 2.43. The van der Waals surface area contributed by atoms with Crippen molar-refractivity contribution < 1.29 is 45.6 Å². The van der Waals surface area contributed by atoms with Gasteiger partial charge < -0.3 is 45.6 Å². The summed E-state index contributed by atoms with van der Waals surface area (Å²) in [5.41, 5.74) is 0.0590. The van der Waals surface area contributed by atoms with E-state index in [-0.39, 0.29) is 33.9 Å². The van der Waals surface area contributed by atoms with E-state index in [4.69, 9.17) is 4.74 Å². The minimum atomic E-state index is -1.50. The van der Waals surface area contributed by atoms with E-state index in [1.165, 1.54) is 24.3 Å². The van der Waals surface area contributed by atoms with Gasteiger partial charge in [0.2, 0.25) is 0 Å². The maximum Gasteiger partial charge on any atom is 0.157 e. The molecule has 0 saturated carbocycles. The van der Waals surface area contributed by atoms with Crippen LogP contribution in [0.5, 0.6) is 46.0 Å². The van der Waals surface area contributed by atoms with Crippen molar-refractivity contribution in [2.45, 2.75) is 18.1 Å². The van der Waals surface area contributed by atoms with Gasteiger partial charge in [0.25, 0.3) is 0 Å². The van der Waals surface area contributed by atoms with Crippen LogP contribution in [-0.2, 0) is 0 Å². The Morgan fingerprint density at radius 1 is 0.600 bits per heavy atom. The molecule has 0 fully saturated rings. The van der Waals surface area contributed by atoms with Crippen molar-refractivity contribution in [1.29, 1.82) is 0 Å². The molecular formula is C21H18O9. The first-order valence-corrected chi connectivity index (χ1v) is 8.84. The Hall–Kier alpha value is -3.98. The summed E-state index contributed by atoms with van der Waals surface area (Å²) in [6.45, 7) is 0. The van der Waals surface area contributed by atoms with Gasteiger partial charge in [-0.05, 0) is 17.7 Å². The summed E-state index contributed by atoms with van der Waals surface area (Å²) >= 11 is 0. The van der Waals surface area contributed by atoms with Crippen molar-refractivity contribution in [3.8, 4) is 46.0 Å². The van der Waals surface area contributed by atoms with Gasteiger partial charge in [0.1, 0.15) is 40.6 Å². The summed E-state index contributed by atoms with van der Waals surface area (Å²) in [4.78, 5) is 0. The van der Waals surface area contributed by atoms with E-state index < -0.39 is 46.9 Å². The summed E-state index contributed by atoms with van der Waals surface area (Å²) in [6, 6.07) is 7.90. The predicted octanol–water partition coefficient (Wildman–Crippen LogP) is 2.25. The number of rotatable bonds is 2. The third-order valence-corrected chi connectivity index (χ3v) is 5.08. The molecule has 3 aromatic carbocycles. The second-order valence-electron chi connectivity index (χ2n) is 7.03. The molecule has 30 heavy (non-hydrogen) atoms. The van der Waals surface area contributed by atoms with Crippen molar-refractivity contribution >= 4 is 0 Å². The SMILES string of the molecule is Oc1cc(O)c([C@@H]2c3c(O)cc(O)cc3O[C@H](c3ccc(O)c(O)c3)[C@@H]2O)c(O)c1. The second kappa shape index (κ2) is 6.82. The number of phenolic OH excluding ortho intramolecular Hbond substituents is 7. The summed E-state index contributed by atoms with van der Waals surface area (Å²) < 4.78 is 5.77. The molecule has 0 saturated heterocycles. The zero-order chi connectivity index (χ0) is 21.7. The number of hydrogen-bond donors (Lipinski definition) is 8. The largest absolute Gasteiger partial charge is 0.508 e. The standard InChI is InChI=1S/C21H18O9/c22-9-4-13(26)17(14(27)5-9)19-18-15(28)6-10(23)7-16(18)30-21(20(19)29)8-1-2-11(24)12(25)3-8/h1-7,19-29H/t19-,20-,21-/m1/s1. The second-order valence-corrected chi connectivity index (χ2v) is 7.03. The predicted molar refractivity (Wildman–Crippen MR) is 102 cm³/mol. The summed E-state index contributed by atoms with van der Waals surface area (Å²) in [5.74, 6) is -4.38. The Bertz CT molecular complexity index is 1120. The van der Waals surface area contributed by atoms with Gasteiger partial charge in [-0.15, -0.1) is 0 Å². The van der Waals surface area contributed by atoms with Crippen LogP contribution in [0, 0.1) is 0 Å². The summed E-state index contributed by atoms with van der Waals surface area (Å²) in [5, 5.41) is 81.2. The molecular weight excluding hydrogens is 396 g/mol. The molecule has 0 aliphatic carbocycles. The molecule has 156 valence electrons. The highest BCUT2D eigenvalue weighted by Crippen LogP contribution is 2.54. The summed E-state index contributed by atoms with van der Waals surface area (Å²) in [7, 11) is 0. The summed E-state index contributed by atoms with van der Waals surface area (Å²) in [6.07, 6.45) is -2.68. The van der Waals surface area contributed by atoms with Gasteiger partial charge in [0.05, 0.1) is 5.92 Å². The quantitative estimate of drug-likeness (QED) is 0.293. The average Bonchev–Trinajstić information content (AvgIpc) is 2.64. The molecule has 1 aliphatic heterocycles. The maximum atomic E-state index is 11.1. The Morgan fingerprint density at radius 3 is 1.77 bits per heavy atom. The van der Waals surface area contributed by atoms with Gasteiger partial charge in [0, 0.05) is 35.4 Å². The Balaban J connectivity index is 1.95. The lowest BCUT2D eigenvalue weighted by molar-refractivity contribution is 0.00644. The van der Waals surface area contributed by atoms with Crippen LogP contribution in [0.15, 0.2) is 42.5 Å². The maximum absolute atomic E-state index is 11.1. The molecule has 3 atom stereocenters. The molecule has 1 aliphatic rings. The van der Waals surface area contributed by atoms with Crippen LogP contribution >= 0.6 is 0 Å². The van der Waals surface area contributed by atoms with Crippen LogP contribution < -0.4 is 4.74 Å². The van der Waals surface area contributed by atoms with Crippen molar-refractivity contribution in [3.05, 3.63) is 59.2 Å². The van der Waals surface area contributed by atoms with Crippen molar-refractivity contribution in [2.75, 3.05) is 0 Å². The topological polar surface area (TPSA) is 171 Å². The number of aliphatic hydroxyl groups is 1. The first kappa shape index (κ1) is 19.3. The number of ether oxygens (including phenoxy) is 1. The van der Waals surface area contributed by atoms with Crippen LogP contribution in [0.2, 0.25) is 0 Å². The van der Waals surface area contributed by atoms with Crippen LogP contribution in [0.3, 0.4) is 0 Å². The van der Waals surface area contributed by atoms with Crippen LogP contribution in [0.25, 0.3) is 0 Å². The highest BCUT2D eigenvalue weighted by molar-refractivity contribution is 5.62. The number of aliphatic hydroxyl groups excluding tert-OH is 1. The van der Waals surface area contributed by atoms with Crippen LogP contribution in [-0.4, -0.2) is 47.0 Å². The number of hydrogen-bond acceptors (Lipinski definition) is 9. The zero-order valence-electron chi connectivity index (χ0n) is 15.3. The van der Waals surface area contributed by atoms with Gasteiger partial charge in [-0.1, -0.05) is 6.07 Å². The molecule has 0 aromatic heterocycles. The Kier molecular flexibility index (Phi) is 4.39. The fourth-order valence-corrected chi connectivity index (χ4v) is 3.78. The highest BCUT2D eigenvalue weighted by atomic mass is 16.5. The van der Waals surface area contributed by atoms with Gasteiger partial charge in [0.15, 0.2) is 17.6 Å². The average molecular weight is 414 g/mol. The molecule has 0 unspecified atom stereocenters. The number of benzene rings is 3. The Labute approximate surface area is 169 Å². The first-order chi connectivity index (χ1) is 14.2. The van der Waals surface area contributed by atoms with Crippen LogP contribution in [0.1, 0.15) is 28.7 Å². The molecule has 0 amide bonds. The minimum Gasteiger partial charge on any atom is -0.508 e. The van der Waals surface area contributed by atoms with E-state index >= 15 is 0 Å². The molecule has 9 nitrogen and oxygen atoms in total. The van der Waals surface area contributed by atoms with Gasteiger partial charge in [-0.3, -0.25) is 0 Å². The first-order valence-electron chi connectivity index (χ1n) is 8.84. The fraction of sp³-hybridized carbons (Fsp3) is 0.143. The van der Waals surface area contributed by atoms with E-state index in [1.54, 1.807) is 0 Å². The fourth-order valence-electron chi connectivity index (χ4n) is 3.78. The Morgan fingerprint density at radius 2 is 1.17 bits per heavy atom. The molecule has 0 bridgehead atoms. The van der Waals surface area contributed by atoms with Crippen molar-refractivity contribution in [1.82, 2.24) is 0 Å². The third kappa shape index (κ3) is 3.01. The number of fused-ring (bicyclic) bond motifs is 1. The molecule has 8 N–H and O–H groups in total. The normalized spacial score (nSPS) is 20.4. The molecule has 9 heteroatoms. The van der Waals surface area contributed by atoms with Crippen molar-refractivity contribution in [3.63, 3.8) is 0 Å². The van der Waals surface area contributed by atoms with Crippen molar-refractivity contribution in [2.24, 2.45) is 0 Å². The van der Waals surface area contributed by atoms with E-state index in [0.717, 1.165) is 18.2 Å². The van der Waals surface area contributed by atoms with E-state index in [1.807, 2.05) is 0 Å². The molecule has 1 heterocycles. The van der Waals surface area contributed by atoms with Gasteiger partial charge in [-0.25, -0.2) is 0 Å². The lowest BCUT2D eigenvalue weighted by Crippen LogP contribution is -2.35. The molecule has 0 radical (unpaired) electrons. The molecule has 3 aromatic rings. The van der Waals surface area contributed by atoms with Gasteiger partial charge in [-0.2, -0.15) is 0 Å². The lowest BCUT2D eigenvalue weighted by Gasteiger charge is -2.38. The smallest absolute Gasteiger partial charge is 0.157 e. The van der Waals surface area contributed by atoms with E-state index in [9.17, 15) is 40.9 Å². The number of phenols is 7.